The Morgan fingerprint density at radius 3 is 2.33 bits per heavy atom. The summed E-state index contributed by atoms with van der Waals surface area (Å²) in [7, 11) is 0. The van der Waals surface area contributed by atoms with Crippen molar-refractivity contribution in [3.05, 3.63) is 11.8 Å². The maximum Gasteiger partial charge on any atom is 0.136 e. The van der Waals surface area contributed by atoms with E-state index in [9.17, 15) is 0 Å². The smallest absolute Gasteiger partial charge is 0.136 e. The molecule has 2 N–H and O–H groups in total. The molecular formula is C6H11NO2. The van der Waals surface area contributed by atoms with E-state index in [4.69, 9.17) is 10.3 Å². The molecule has 0 aliphatic heterocycles. The molecule has 0 aliphatic carbocycles. The van der Waals surface area contributed by atoms with Crippen molar-refractivity contribution < 1.29 is 10.3 Å². The molecule has 0 atom stereocenters. The van der Waals surface area contributed by atoms with Gasteiger partial charge in [0, 0.05) is 0 Å². The van der Waals surface area contributed by atoms with E-state index < -0.39 is 0 Å². The first-order valence-electron chi connectivity index (χ1n) is 2.82. The van der Waals surface area contributed by atoms with E-state index >= 15 is 0 Å². The molecule has 0 aromatic rings. The monoisotopic (exact) mass is 129 g/mol. The number of hydrogen-bond donors (Lipinski definition) is 2. The molecule has 3 heteroatoms. The first kappa shape index (κ1) is 8.01. The molecular weight excluding hydrogens is 118 g/mol. The van der Waals surface area contributed by atoms with Crippen LogP contribution in [0.15, 0.2) is 17.0 Å². The molecule has 0 aliphatic rings. The van der Waals surface area contributed by atoms with Crippen LogP contribution in [0.4, 0.5) is 0 Å². The van der Waals surface area contributed by atoms with Gasteiger partial charge in [-0.05, 0) is 19.4 Å². The molecule has 0 saturated carbocycles. The molecule has 0 unspecified atom stereocenters. The maximum atomic E-state index is 8.89. The van der Waals surface area contributed by atoms with Crippen molar-refractivity contribution in [2.75, 3.05) is 0 Å². The zero-order valence-corrected chi connectivity index (χ0v) is 5.63. The van der Waals surface area contributed by atoms with E-state index in [0.717, 1.165) is 0 Å². The van der Waals surface area contributed by atoms with Gasteiger partial charge in [0.05, 0.1) is 0 Å². The van der Waals surface area contributed by atoms with Crippen LogP contribution in [0.5, 0.6) is 0 Å². The lowest BCUT2D eigenvalue weighted by Gasteiger charge is -1.95. The normalized spacial score (nSPS) is 14.0. The number of hydrogen-bond acceptors (Lipinski definition) is 3. The number of oxime groups is 1. The Bertz CT molecular complexity index is 138. The van der Waals surface area contributed by atoms with Gasteiger partial charge in [-0.2, -0.15) is 0 Å². The molecule has 0 bridgehead atoms. The zero-order chi connectivity index (χ0) is 7.28. The second-order valence-electron chi connectivity index (χ2n) is 1.57. The summed E-state index contributed by atoms with van der Waals surface area (Å²) in [5.41, 5.74) is 0.317. The fraction of sp³-hybridized carbons (Fsp3) is 0.500. The summed E-state index contributed by atoms with van der Waals surface area (Å²) in [5, 5.41) is 20.0. The minimum Gasteiger partial charge on any atom is -0.506 e. The maximum absolute atomic E-state index is 8.89. The molecule has 0 spiro atoms. The lowest BCUT2D eigenvalue weighted by Crippen LogP contribution is -1.99. The topological polar surface area (TPSA) is 52.8 Å². The molecule has 0 radical (unpaired) electrons. The number of aliphatic hydroxyl groups excluding tert-OH is 1. The van der Waals surface area contributed by atoms with Gasteiger partial charge in [0.2, 0.25) is 0 Å². The third-order valence-electron chi connectivity index (χ3n) is 1.02. The van der Waals surface area contributed by atoms with E-state index in [1.807, 2.05) is 0 Å². The molecule has 0 heterocycles. The highest BCUT2D eigenvalue weighted by Gasteiger charge is 1.99. The van der Waals surface area contributed by atoms with E-state index in [0.29, 0.717) is 12.1 Å². The standard InChI is InChI=1S/C6H11NO2/c1-3-5(7-9)6(8)4-2/h4,8-9H,3H2,1-2H3/b6-4-,7-5-. The van der Waals surface area contributed by atoms with Crippen LogP contribution in [0.2, 0.25) is 0 Å². The average Bonchev–Trinajstić information content (AvgIpc) is 1.90. The third-order valence-corrected chi connectivity index (χ3v) is 1.02. The first-order chi connectivity index (χ1) is 4.26. The van der Waals surface area contributed by atoms with Gasteiger partial charge in [0.25, 0.3) is 0 Å². The number of rotatable bonds is 2. The Morgan fingerprint density at radius 2 is 2.22 bits per heavy atom. The van der Waals surface area contributed by atoms with Crippen LogP contribution in [0.25, 0.3) is 0 Å². The van der Waals surface area contributed by atoms with Crippen molar-refractivity contribution in [3.63, 3.8) is 0 Å². The van der Waals surface area contributed by atoms with Crippen molar-refractivity contribution in [1.82, 2.24) is 0 Å². The molecule has 0 saturated heterocycles. The van der Waals surface area contributed by atoms with Gasteiger partial charge in [-0.1, -0.05) is 12.1 Å². The largest absolute Gasteiger partial charge is 0.506 e. The van der Waals surface area contributed by atoms with Gasteiger partial charge < -0.3 is 10.3 Å². The Balaban J connectivity index is 4.14. The lowest BCUT2D eigenvalue weighted by atomic mass is 10.2. The molecule has 0 rings (SSSR count). The molecule has 3 nitrogen and oxygen atoms in total. The highest BCUT2D eigenvalue weighted by atomic mass is 16.4. The SMILES string of the molecule is C/C=C(O)/C(CC)=N\O. The predicted octanol–water partition coefficient (Wildman–Crippen LogP) is 1.69. The molecule has 0 aromatic carbocycles. The van der Waals surface area contributed by atoms with Gasteiger partial charge in [0.15, 0.2) is 0 Å². The summed E-state index contributed by atoms with van der Waals surface area (Å²) in [4.78, 5) is 0. The quantitative estimate of drug-likeness (QED) is 0.258. The molecule has 0 fully saturated rings. The number of aliphatic hydroxyl groups is 1. The van der Waals surface area contributed by atoms with Crippen molar-refractivity contribution in [2.24, 2.45) is 5.16 Å². The van der Waals surface area contributed by atoms with Crippen LogP contribution in [0.1, 0.15) is 20.3 Å². The summed E-state index contributed by atoms with van der Waals surface area (Å²) in [6.07, 6.45) is 2.02. The van der Waals surface area contributed by atoms with E-state index in [-0.39, 0.29) is 5.76 Å². The molecule has 0 amide bonds. The van der Waals surface area contributed by atoms with Crippen LogP contribution >= 0.6 is 0 Å². The summed E-state index contributed by atoms with van der Waals surface area (Å²) >= 11 is 0. The zero-order valence-electron chi connectivity index (χ0n) is 5.63. The van der Waals surface area contributed by atoms with Gasteiger partial charge in [-0.25, -0.2) is 0 Å². The summed E-state index contributed by atoms with van der Waals surface area (Å²) in [6, 6.07) is 0. The molecule has 0 aromatic heterocycles. The van der Waals surface area contributed by atoms with Gasteiger partial charge >= 0.3 is 0 Å². The van der Waals surface area contributed by atoms with Gasteiger partial charge in [0.1, 0.15) is 11.5 Å². The van der Waals surface area contributed by atoms with Crippen LogP contribution in [0.3, 0.4) is 0 Å². The van der Waals surface area contributed by atoms with Crippen LogP contribution in [-0.4, -0.2) is 16.0 Å². The number of nitrogens with zero attached hydrogens (tertiary/aromatic N) is 1. The van der Waals surface area contributed by atoms with E-state index in [1.54, 1.807) is 13.8 Å². The summed E-state index contributed by atoms with van der Waals surface area (Å²) < 4.78 is 0. The fourth-order valence-corrected chi connectivity index (χ4v) is 0.470. The Morgan fingerprint density at radius 1 is 1.67 bits per heavy atom. The van der Waals surface area contributed by atoms with Crippen molar-refractivity contribution in [3.8, 4) is 0 Å². The molecule has 9 heavy (non-hydrogen) atoms. The lowest BCUT2D eigenvalue weighted by molar-refractivity contribution is 0.313. The van der Waals surface area contributed by atoms with E-state index in [1.165, 1.54) is 6.08 Å². The van der Waals surface area contributed by atoms with Crippen molar-refractivity contribution >= 4 is 5.71 Å². The van der Waals surface area contributed by atoms with Crippen molar-refractivity contribution in [2.45, 2.75) is 20.3 Å². The first-order valence-corrected chi connectivity index (χ1v) is 2.82. The van der Waals surface area contributed by atoms with Crippen LogP contribution < -0.4 is 0 Å². The van der Waals surface area contributed by atoms with Gasteiger partial charge in [-0.15, -0.1) is 0 Å². The highest BCUT2D eigenvalue weighted by molar-refractivity contribution is 5.97. The Hall–Kier alpha value is -0.990. The Labute approximate surface area is 54.3 Å². The second kappa shape index (κ2) is 3.95. The minimum absolute atomic E-state index is 0.0417. The Kier molecular flexibility index (Phi) is 3.51. The highest BCUT2D eigenvalue weighted by Crippen LogP contribution is 1.96. The average molecular weight is 129 g/mol. The van der Waals surface area contributed by atoms with Crippen LogP contribution in [0, 0.1) is 0 Å². The molecule has 52 valence electrons. The van der Waals surface area contributed by atoms with Crippen molar-refractivity contribution in [1.29, 1.82) is 0 Å². The van der Waals surface area contributed by atoms with E-state index in [2.05, 4.69) is 5.16 Å². The fourth-order valence-electron chi connectivity index (χ4n) is 0.470. The predicted molar refractivity (Wildman–Crippen MR) is 35.9 cm³/mol. The number of allylic oxidation sites excluding steroid dienone is 2. The second-order valence-corrected chi connectivity index (χ2v) is 1.57. The minimum atomic E-state index is 0.0417. The van der Waals surface area contributed by atoms with Crippen LogP contribution in [-0.2, 0) is 0 Å². The third kappa shape index (κ3) is 2.17. The summed E-state index contributed by atoms with van der Waals surface area (Å²) in [5.74, 6) is 0.0417. The summed E-state index contributed by atoms with van der Waals surface area (Å²) in [6.45, 7) is 3.48. The van der Waals surface area contributed by atoms with Gasteiger partial charge in [-0.3, -0.25) is 0 Å².